The number of methoxy groups -OCH3 is 3. The van der Waals surface area contributed by atoms with E-state index in [4.69, 9.17) is 14.2 Å². The average molecular weight is 432 g/mol. The molecule has 8 heteroatoms. The molecule has 0 radical (unpaired) electrons. The number of fused-ring (bicyclic) bond motifs is 1. The molecule has 2 aromatic rings. The van der Waals surface area contributed by atoms with Gasteiger partial charge in [0, 0.05) is 12.0 Å². The Labute approximate surface area is 176 Å². The van der Waals surface area contributed by atoms with E-state index in [1.807, 2.05) is 36.4 Å². The fourth-order valence-corrected chi connectivity index (χ4v) is 4.94. The summed E-state index contributed by atoms with van der Waals surface area (Å²) >= 11 is 0. The van der Waals surface area contributed by atoms with Crippen molar-refractivity contribution in [3.63, 3.8) is 0 Å². The standard InChI is InChI=1S/C22H25NO6S/c1-27-20-13-17-9-11-23(30(25,26)12-10-16-7-5-4-6-8-16)19(15-22(24)29-3)18(17)14-21(20)28-2/h4-8,10,12-14,19H,9,11,15H2,1-3H3/b12-10+. The van der Waals surface area contributed by atoms with Gasteiger partial charge in [-0.1, -0.05) is 30.3 Å². The lowest BCUT2D eigenvalue weighted by Crippen LogP contribution is -2.40. The predicted molar refractivity (Wildman–Crippen MR) is 114 cm³/mol. The van der Waals surface area contributed by atoms with Crippen LogP contribution < -0.4 is 9.47 Å². The van der Waals surface area contributed by atoms with E-state index in [9.17, 15) is 13.2 Å². The third-order valence-corrected chi connectivity index (χ3v) is 6.67. The highest BCUT2D eigenvalue weighted by molar-refractivity contribution is 7.92. The summed E-state index contributed by atoms with van der Waals surface area (Å²) in [7, 11) is 0.556. The number of ether oxygens (including phenoxy) is 3. The van der Waals surface area contributed by atoms with Gasteiger partial charge in [-0.2, -0.15) is 4.31 Å². The number of carbonyl (C=O) groups excluding carboxylic acids is 1. The van der Waals surface area contributed by atoms with Crippen molar-refractivity contribution in [3.05, 3.63) is 64.6 Å². The smallest absolute Gasteiger partial charge is 0.307 e. The van der Waals surface area contributed by atoms with Crippen LogP contribution in [-0.2, 0) is 26.0 Å². The van der Waals surface area contributed by atoms with Gasteiger partial charge in [-0.25, -0.2) is 8.42 Å². The van der Waals surface area contributed by atoms with Crippen molar-refractivity contribution in [2.45, 2.75) is 18.9 Å². The van der Waals surface area contributed by atoms with E-state index in [1.165, 1.54) is 23.9 Å². The minimum atomic E-state index is -3.79. The zero-order valence-electron chi connectivity index (χ0n) is 17.2. The molecule has 0 bridgehead atoms. The number of hydrogen-bond donors (Lipinski definition) is 0. The first-order chi connectivity index (χ1) is 14.4. The van der Waals surface area contributed by atoms with Gasteiger partial charge in [0.15, 0.2) is 11.5 Å². The molecule has 0 fully saturated rings. The summed E-state index contributed by atoms with van der Waals surface area (Å²) in [4.78, 5) is 12.1. The molecule has 1 aliphatic heterocycles. The van der Waals surface area contributed by atoms with Crippen molar-refractivity contribution in [1.29, 1.82) is 0 Å². The van der Waals surface area contributed by atoms with Crippen LogP contribution in [0.2, 0.25) is 0 Å². The van der Waals surface area contributed by atoms with Crippen LogP contribution in [0.4, 0.5) is 0 Å². The van der Waals surface area contributed by atoms with Crippen LogP contribution in [-0.4, -0.2) is 46.6 Å². The molecule has 3 rings (SSSR count). The highest BCUT2D eigenvalue weighted by Crippen LogP contribution is 2.40. The summed E-state index contributed by atoms with van der Waals surface area (Å²) < 4.78 is 43.2. The number of benzene rings is 2. The van der Waals surface area contributed by atoms with Gasteiger partial charge in [-0.15, -0.1) is 0 Å². The van der Waals surface area contributed by atoms with Crippen LogP contribution in [0.25, 0.3) is 6.08 Å². The second kappa shape index (κ2) is 9.32. The number of nitrogens with zero attached hydrogens (tertiary/aromatic N) is 1. The minimum Gasteiger partial charge on any atom is -0.493 e. The fraction of sp³-hybridized carbons (Fsp3) is 0.318. The zero-order valence-corrected chi connectivity index (χ0v) is 18.0. The highest BCUT2D eigenvalue weighted by atomic mass is 32.2. The molecular formula is C22H25NO6S. The number of hydrogen-bond acceptors (Lipinski definition) is 6. The first-order valence-corrected chi connectivity index (χ1v) is 11.0. The second-order valence-electron chi connectivity index (χ2n) is 6.82. The van der Waals surface area contributed by atoms with E-state index in [-0.39, 0.29) is 13.0 Å². The van der Waals surface area contributed by atoms with Crippen molar-refractivity contribution < 1.29 is 27.4 Å². The molecule has 0 spiro atoms. The Morgan fingerprint density at radius 1 is 1.10 bits per heavy atom. The maximum Gasteiger partial charge on any atom is 0.307 e. The number of esters is 1. The summed E-state index contributed by atoms with van der Waals surface area (Å²) in [6.07, 6.45) is 1.94. The lowest BCUT2D eigenvalue weighted by atomic mass is 9.91. The molecular weight excluding hydrogens is 406 g/mol. The number of carbonyl (C=O) groups is 1. The van der Waals surface area contributed by atoms with E-state index in [2.05, 4.69) is 0 Å². The molecule has 0 amide bonds. The number of rotatable bonds is 7. The molecule has 160 valence electrons. The van der Waals surface area contributed by atoms with E-state index in [0.29, 0.717) is 23.5 Å². The molecule has 2 aromatic carbocycles. The van der Waals surface area contributed by atoms with Crippen molar-refractivity contribution in [2.75, 3.05) is 27.9 Å². The normalized spacial score (nSPS) is 16.8. The zero-order chi connectivity index (χ0) is 21.7. The first-order valence-electron chi connectivity index (χ1n) is 9.46. The molecule has 0 N–H and O–H groups in total. The summed E-state index contributed by atoms with van der Waals surface area (Å²) in [5, 5.41) is 1.18. The lowest BCUT2D eigenvalue weighted by Gasteiger charge is -2.35. The Bertz CT molecular complexity index is 1030. The SMILES string of the molecule is COC(=O)CC1c2cc(OC)c(OC)cc2CCN1S(=O)(=O)/C=C/c1ccccc1. The molecule has 0 aromatic heterocycles. The quantitative estimate of drug-likeness (QED) is 0.627. The van der Waals surface area contributed by atoms with Crippen LogP contribution in [0, 0.1) is 0 Å². The molecule has 0 aliphatic carbocycles. The minimum absolute atomic E-state index is 0.0998. The Hall–Kier alpha value is -2.84. The van der Waals surface area contributed by atoms with Crippen LogP contribution in [0.15, 0.2) is 47.9 Å². The fourth-order valence-electron chi connectivity index (χ4n) is 3.57. The van der Waals surface area contributed by atoms with Gasteiger partial charge in [0.25, 0.3) is 0 Å². The van der Waals surface area contributed by atoms with Crippen LogP contribution >= 0.6 is 0 Å². The number of sulfonamides is 1. The second-order valence-corrected chi connectivity index (χ2v) is 8.59. The van der Waals surface area contributed by atoms with E-state index in [0.717, 1.165) is 11.1 Å². The lowest BCUT2D eigenvalue weighted by molar-refractivity contribution is -0.141. The predicted octanol–water partition coefficient (Wildman–Crippen LogP) is 3.17. The van der Waals surface area contributed by atoms with Gasteiger partial charge >= 0.3 is 5.97 Å². The Morgan fingerprint density at radius 2 is 1.77 bits per heavy atom. The van der Waals surface area contributed by atoms with E-state index in [1.54, 1.807) is 19.3 Å². The Morgan fingerprint density at radius 3 is 2.40 bits per heavy atom. The largest absolute Gasteiger partial charge is 0.493 e. The van der Waals surface area contributed by atoms with Gasteiger partial charge < -0.3 is 14.2 Å². The monoisotopic (exact) mass is 431 g/mol. The third kappa shape index (κ3) is 4.66. The van der Waals surface area contributed by atoms with Gasteiger partial charge in [-0.05, 0) is 41.3 Å². The van der Waals surface area contributed by atoms with Gasteiger partial charge in [-0.3, -0.25) is 4.79 Å². The first kappa shape index (κ1) is 21.9. The van der Waals surface area contributed by atoms with Gasteiger partial charge in [0.1, 0.15) is 0 Å². The highest BCUT2D eigenvalue weighted by Gasteiger charge is 2.36. The molecule has 30 heavy (non-hydrogen) atoms. The molecule has 7 nitrogen and oxygen atoms in total. The van der Waals surface area contributed by atoms with Crippen molar-refractivity contribution in [2.24, 2.45) is 0 Å². The van der Waals surface area contributed by atoms with Crippen LogP contribution in [0.5, 0.6) is 11.5 Å². The third-order valence-electron chi connectivity index (χ3n) is 5.10. The molecule has 0 saturated heterocycles. The maximum absolute atomic E-state index is 13.2. The average Bonchev–Trinajstić information content (AvgIpc) is 2.77. The molecule has 1 unspecified atom stereocenters. The Kier molecular flexibility index (Phi) is 6.79. The summed E-state index contributed by atoms with van der Waals surface area (Å²) in [6, 6.07) is 12.0. The summed E-state index contributed by atoms with van der Waals surface area (Å²) in [5.74, 6) is 0.549. The molecule has 1 aliphatic rings. The van der Waals surface area contributed by atoms with Gasteiger partial charge in [0.2, 0.25) is 10.0 Å². The van der Waals surface area contributed by atoms with Gasteiger partial charge in [0.05, 0.1) is 33.8 Å². The van der Waals surface area contributed by atoms with Crippen molar-refractivity contribution in [1.82, 2.24) is 4.31 Å². The van der Waals surface area contributed by atoms with Crippen molar-refractivity contribution in [3.8, 4) is 11.5 Å². The van der Waals surface area contributed by atoms with Crippen molar-refractivity contribution >= 4 is 22.1 Å². The summed E-state index contributed by atoms with van der Waals surface area (Å²) in [6.45, 7) is 0.242. The van der Waals surface area contributed by atoms with Crippen LogP contribution in [0.3, 0.4) is 0 Å². The Balaban J connectivity index is 2.02. The van der Waals surface area contributed by atoms with E-state index >= 15 is 0 Å². The topological polar surface area (TPSA) is 82.1 Å². The summed E-state index contributed by atoms with van der Waals surface area (Å²) in [5.41, 5.74) is 2.40. The molecule has 0 saturated carbocycles. The molecule has 1 atom stereocenters. The maximum atomic E-state index is 13.2. The molecule has 1 heterocycles. The van der Waals surface area contributed by atoms with E-state index < -0.39 is 22.0 Å². The van der Waals surface area contributed by atoms with Crippen LogP contribution in [0.1, 0.15) is 29.2 Å².